The summed E-state index contributed by atoms with van der Waals surface area (Å²) in [6.07, 6.45) is 1.71. The lowest BCUT2D eigenvalue weighted by Crippen LogP contribution is -1.94. The molecule has 0 aliphatic rings. The lowest BCUT2D eigenvalue weighted by molar-refractivity contribution is 0.535. The largest absolute Gasteiger partial charge is 0.439 e. The van der Waals surface area contributed by atoms with Gasteiger partial charge in [-0.3, -0.25) is 4.98 Å². The molecule has 0 saturated carbocycles. The second-order valence-corrected chi connectivity index (χ2v) is 3.30. The van der Waals surface area contributed by atoms with Gasteiger partial charge < -0.3 is 10.2 Å². The fourth-order valence-corrected chi connectivity index (χ4v) is 1.65. The summed E-state index contributed by atoms with van der Waals surface area (Å²) >= 11 is 0. The second-order valence-electron chi connectivity index (χ2n) is 3.30. The van der Waals surface area contributed by atoms with E-state index in [1.165, 1.54) is 0 Å². The van der Waals surface area contributed by atoms with Crippen molar-refractivity contribution < 1.29 is 4.42 Å². The van der Waals surface area contributed by atoms with Crippen LogP contribution in [0.5, 0.6) is 0 Å². The van der Waals surface area contributed by atoms with Crippen molar-refractivity contribution in [1.29, 1.82) is 0 Å². The molecule has 3 aromatic rings. The first-order valence-electron chi connectivity index (χ1n) is 4.72. The molecule has 0 amide bonds. The molecule has 2 heterocycles. The topological polar surface area (TPSA) is 64.9 Å². The number of pyridine rings is 1. The van der Waals surface area contributed by atoms with Crippen LogP contribution in [0.3, 0.4) is 0 Å². The highest BCUT2D eigenvalue weighted by Crippen LogP contribution is 2.23. The predicted molar refractivity (Wildman–Crippen MR) is 57.2 cm³/mol. The molecule has 0 unspecified atom stereocenters. The molecule has 0 fully saturated rings. The van der Waals surface area contributed by atoms with E-state index < -0.39 is 0 Å². The van der Waals surface area contributed by atoms with E-state index in [2.05, 4.69) is 9.97 Å². The molecular formula is C11H9N3O. The Morgan fingerprint density at radius 1 is 1.20 bits per heavy atom. The molecule has 2 aromatic heterocycles. The molecule has 0 atom stereocenters. The van der Waals surface area contributed by atoms with Crippen LogP contribution >= 0.6 is 0 Å². The van der Waals surface area contributed by atoms with Crippen LogP contribution in [0.15, 0.2) is 34.9 Å². The average Bonchev–Trinajstić information content (AvgIpc) is 2.72. The summed E-state index contributed by atoms with van der Waals surface area (Å²) < 4.78 is 5.55. The highest BCUT2D eigenvalue weighted by Gasteiger charge is 2.08. The van der Waals surface area contributed by atoms with Gasteiger partial charge in [0.05, 0.1) is 18.3 Å². The number of aromatic nitrogens is 2. The van der Waals surface area contributed by atoms with Gasteiger partial charge in [-0.2, -0.15) is 0 Å². The van der Waals surface area contributed by atoms with E-state index >= 15 is 0 Å². The number of nitrogens with zero attached hydrogens (tertiary/aromatic N) is 2. The number of para-hydroxylation sites is 1. The lowest BCUT2D eigenvalue weighted by atomic mass is 10.2. The number of nitrogens with two attached hydrogens (primary N) is 1. The van der Waals surface area contributed by atoms with Crippen LogP contribution in [0.4, 0.5) is 0 Å². The normalized spacial score (nSPS) is 11.3. The minimum atomic E-state index is 0.309. The van der Waals surface area contributed by atoms with Crippen molar-refractivity contribution in [1.82, 2.24) is 9.97 Å². The fraction of sp³-hybridized carbons (Fsp3) is 0.0909. The van der Waals surface area contributed by atoms with E-state index in [9.17, 15) is 0 Å². The number of benzene rings is 1. The molecule has 0 bridgehead atoms. The van der Waals surface area contributed by atoms with Crippen LogP contribution in [-0.4, -0.2) is 9.97 Å². The van der Waals surface area contributed by atoms with Crippen molar-refractivity contribution in [3.63, 3.8) is 0 Å². The average molecular weight is 199 g/mol. The van der Waals surface area contributed by atoms with Crippen molar-refractivity contribution in [2.24, 2.45) is 5.73 Å². The Bertz CT molecular complexity index is 630. The lowest BCUT2D eigenvalue weighted by Gasteiger charge is -1.94. The SMILES string of the molecule is NCc1nc2cnc3ccccc3c2o1. The molecule has 0 saturated heterocycles. The van der Waals surface area contributed by atoms with Crippen LogP contribution < -0.4 is 5.73 Å². The summed E-state index contributed by atoms with van der Waals surface area (Å²) in [6.45, 7) is 0.309. The number of hydrogen-bond donors (Lipinski definition) is 1. The summed E-state index contributed by atoms with van der Waals surface area (Å²) in [6, 6.07) is 7.81. The van der Waals surface area contributed by atoms with Crippen molar-refractivity contribution in [3.05, 3.63) is 36.4 Å². The zero-order valence-corrected chi connectivity index (χ0v) is 7.97. The van der Waals surface area contributed by atoms with Crippen LogP contribution in [0.1, 0.15) is 5.89 Å². The number of oxazole rings is 1. The second kappa shape index (κ2) is 3.03. The van der Waals surface area contributed by atoms with E-state index in [4.69, 9.17) is 10.2 Å². The molecule has 0 radical (unpaired) electrons. The summed E-state index contributed by atoms with van der Waals surface area (Å²) in [5.41, 5.74) is 7.91. The molecular weight excluding hydrogens is 190 g/mol. The van der Waals surface area contributed by atoms with E-state index in [-0.39, 0.29) is 0 Å². The highest BCUT2D eigenvalue weighted by atomic mass is 16.3. The predicted octanol–water partition coefficient (Wildman–Crippen LogP) is 1.83. The number of fused-ring (bicyclic) bond motifs is 3. The smallest absolute Gasteiger partial charge is 0.209 e. The fourth-order valence-electron chi connectivity index (χ4n) is 1.65. The Morgan fingerprint density at radius 3 is 2.93 bits per heavy atom. The summed E-state index contributed by atoms with van der Waals surface area (Å²) in [4.78, 5) is 8.52. The maximum absolute atomic E-state index is 5.55. The Kier molecular flexibility index (Phi) is 1.69. The van der Waals surface area contributed by atoms with Gasteiger partial charge in [-0.05, 0) is 12.1 Å². The van der Waals surface area contributed by atoms with E-state index in [0.29, 0.717) is 12.4 Å². The molecule has 2 N–H and O–H groups in total. The quantitative estimate of drug-likeness (QED) is 0.649. The third kappa shape index (κ3) is 1.19. The summed E-state index contributed by atoms with van der Waals surface area (Å²) in [7, 11) is 0. The van der Waals surface area contributed by atoms with E-state index in [1.807, 2.05) is 24.3 Å². The van der Waals surface area contributed by atoms with Gasteiger partial charge in [-0.25, -0.2) is 4.98 Å². The standard InChI is InChI=1S/C11H9N3O/c12-5-10-14-9-6-13-8-4-2-1-3-7(8)11(9)15-10/h1-4,6H,5,12H2. The van der Waals surface area contributed by atoms with Gasteiger partial charge >= 0.3 is 0 Å². The first kappa shape index (κ1) is 8.38. The molecule has 15 heavy (non-hydrogen) atoms. The molecule has 0 aliphatic heterocycles. The van der Waals surface area contributed by atoms with Crippen LogP contribution in [0.2, 0.25) is 0 Å². The maximum atomic E-state index is 5.55. The maximum Gasteiger partial charge on any atom is 0.209 e. The van der Waals surface area contributed by atoms with Gasteiger partial charge in [0.15, 0.2) is 5.58 Å². The number of hydrogen-bond acceptors (Lipinski definition) is 4. The third-order valence-corrected chi connectivity index (χ3v) is 2.35. The van der Waals surface area contributed by atoms with Crippen molar-refractivity contribution in [2.75, 3.05) is 0 Å². The van der Waals surface area contributed by atoms with Gasteiger partial charge in [0, 0.05) is 5.39 Å². The van der Waals surface area contributed by atoms with Gasteiger partial charge in [-0.15, -0.1) is 0 Å². The van der Waals surface area contributed by atoms with Crippen molar-refractivity contribution in [3.8, 4) is 0 Å². The Hall–Kier alpha value is -1.94. The van der Waals surface area contributed by atoms with Gasteiger partial charge in [0.2, 0.25) is 5.89 Å². The van der Waals surface area contributed by atoms with Gasteiger partial charge in [0.1, 0.15) is 5.52 Å². The molecule has 0 spiro atoms. The molecule has 4 heteroatoms. The third-order valence-electron chi connectivity index (χ3n) is 2.35. The highest BCUT2D eigenvalue weighted by molar-refractivity contribution is 6.00. The Labute approximate surface area is 85.7 Å². The monoisotopic (exact) mass is 199 g/mol. The minimum Gasteiger partial charge on any atom is -0.439 e. The summed E-state index contributed by atoms with van der Waals surface area (Å²) in [5, 5.41) is 0.974. The first-order valence-corrected chi connectivity index (χ1v) is 4.72. The van der Waals surface area contributed by atoms with Crippen LogP contribution in [0, 0.1) is 0 Å². The van der Waals surface area contributed by atoms with Crippen molar-refractivity contribution >= 4 is 22.0 Å². The van der Waals surface area contributed by atoms with E-state index in [0.717, 1.165) is 22.0 Å². The van der Waals surface area contributed by atoms with Gasteiger partial charge in [-0.1, -0.05) is 12.1 Å². The number of rotatable bonds is 1. The Balaban J connectivity index is 2.47. The molecule has 3 rings (SSSR count). The molecule has 74 valence electrons. The van der Waals surface area contributed by atoms with Gasteiger partial charge in [0.25, 0.3) is 0 Å². The van der Waals surface area contributed by atoms with Crippen LogP contribution in [0.25, 0.3) is 22.0 Å². The molecule has 1 aromatic carbocycles. The minimum absolute atomic E-state index is 0.309. The first-order chi connectivity index (χ1) is 7.38. The Morgan fingerprint density at radius 2 is 2.07 bits per heavy atom. The summed E-state index contributed by atoms with van der Waals surface area (Å²) in [5.74, 6) is 0.545. The van der Waals surface area contributed by atoms with Crippen molar-refractivity contribution in [2.45, 2.75) is 6.54 Å². The van der Waals surface area contributed by atoms with Crippen LogP contribution in [-0.2, 0) is 6.54 Å². The zero-order chi connectivity index (χ0) is 10.3. The molecule has 4 nitrogen and oxygen atoms in total. The zero-order valence-electron chi connectivity index (χ0n) is 7.97. The van der Waals surface area contributed by atoms with E-state index in [1.54, 1.807) is 6.20 Å². The molecule has 0 aliphatic carbocycles.